The molecule has 5 heteroatoms. The molecule has 0 fully saturated rings. The van der Waals surface area contributed by atoms with Gasteiger partial charge in [-0.05, 0) is 11.6 Å². The summed E-state index contributed by atoms with van der Waals surface area (Å²) in [6.45, 7) is 0. The van der Waals surface area contributed by atoms with Crippen LogP contribution < -0.4 is 0 Å². The van der Waals surface area contributed by atoms with Crippen LogP contribution in [0.2, 0.25) is 0 Å². The van der Waals surface area contributed by atoms with E-state index in [2.05, 4.69) is 5.16 Å². The zero-order valence-corrected chi connectivity index (χ0v) is 7.13. The molecule has 0 aromatic carbocycles. The van der Waals surface area contributed by atoms with Gasteiger partial charge in [-0.1, -0.05) is 5.16 Å². The highest BCUT2D eigenvalue weighted by molar-refractivity contribution is 6.49. The van der Waals surface area contributed by atoms with E-state index in [1.807, 2.05) is 0 Å². The standard InChI is InChI=1S/C9H7F2NO2/c10-6-1-4-2-8(12-14)9(13)5(4)3-7(6)11/h3,6,14H,1-2H2/b12-8-. The molecule has 74 valence electrons. The Balaban J connectivity index is 2.39. The number of rotatable bonds is 0. The van der Waals surface area contributed by atoms with Crippen molar-refractivity contribution >= 4 is 11.5 Å². The summed E-state index contributed by atoms with van der Waals surface area (Å²) in [5.74, 6) is -1.44. The highest BCUT2D eigenvalue weighted by Crippen LogP contribution is 2.34. The average Bonchev–Trinajstić information content (AvgIpc) is 2.45. The lowest BCUT2D eigenvalue weighted by molar-refractivity contribution is -0.109. The maximum Gasteiger partial charge on any atom is 0.210 e. The number of carbonyl (C=O) groups is 1. The van der Waals surface area contributed by atoms with Crippen LogP contribution in [0, 0.1) is 0 Å². The van der Waals surface area contributed by atoms with Crippen LogP contribution in [0.4, 0.5) is 8.78 Å². The van der Waals surface area contributed by atoms with Gasteiger partial charge in [-0.15, -0.1) is 0 Å². The summed E-state index contributed by atoms with van der Waals surface area (Å²) in [7, 11) is 0. The van der Waals surface area contributed by atoms with E-state index >= 15 is 0 Å². The van der Waals surface area contributed by atoms with Crippen LogP contribution in [0.15, 0.2) is 28.2 Å². The van der Waals surface area contributed by atoms with E-state index in [1.165, 1.54) is 0 Å². The number of oxime groups is 1. The lowest BCUT2D eigenvalue weighted by Crippen LogP contribution is -2.10. The zero-order valence-electron chi connectivity index (χ0n) is 7.13. The van der Waals surface area contributed by atoms with Crippen molar-refractivity contribution in [3.05, 3.63) is 23.0 Å². The van der Waals surface area contributed by atoms with E-state index in [0.717, 1.165) is 6.08 Å². The molecule has 2 aliphatic carbocycles. The van der Waals surface area contributed by atoms with Gasteiger partial charge in [0.1, 0.15) is 11.5 Å². The molecule has 1 unspecified atom stereocenters. The topological polar surface area (TPSA) is 49.7 Å². The lowest BCUT2D eigenvalue weighted by atomic mass is 9.98. The van der Waals surface area contributed by atoms with Gasteiger partial charge in [0.25, 0.3) is 0 Å². The lowest BCUT2D eigenvalue weighted by Gasteiger charge is -2.12. The summed E-state index contributed by atoms with van der Waals surface area (Å²) in [5, 5.41) is 11.2. The normalized spacial score (nSPS) is 29.6. The first-order valence-corrected chi connectivity index (χ1v) is 4.12. The van der Waals surface area contributed by atoms with Crippen LogP contribution in [0.25, 0.3) is 0 Å². The van der Waals surface area contributed by atoms with E-state index in [-0.39, 0.29) is 24.1 Å². The summed E-state index contributed by atoms with van der Waals surface area (Å²) in [5.41, 5.74) is 0.606. The van der Waals surface area contributed by atoms with Crippen molar-refractivity contribution in [3.63, 3.8) is 0 Å². The summed E-state index contributed by atoms with van der Waals surface area (Å²) in [6.07, 6.45) is -0.777. The number of carbonyl (C=O) groups excluding carboxylic acids is 1. The number of hydrogen-bond donors (Lipinski definition) is 1. The second kappa shape index (κ2) is 3.01. The van der Waals surface area contributed by atoms with Crippen LogP contribution in [-0.2, 0) is 4.79 Å². The fraction of sp³-hybridized carbons (Fsp3) is 0.333. The molecule has 2 rings (SSSR count). The van der Waals surface area contributed by atoms with Crippen LogP contribution in [0.5, 0.6) is 0 Å². The van der Waals surface area contributed by atoms with Crippen molar-refractivity contribution in [1.82, 2.24) is 0 Å². The van der Waals surface area contributed by atoms with Crippen molar-refractivity contribution in [2.75, 3.05) is 0 Å². The molecule has 0 amide bonds. The molecule has 0 aromatic rings. The number of halogens is 2. The third kappa shape index (κ3) is 1.16. The number of Topliss-reactive ketones (excluding diaryl/α,β-unsaturated/α-hetero) is 1. The Hall–Kier alpha value is -1.52. The maximum absolute atomic E-state index is 12.9. The molecule has 1 atom stereocenters. The molecule has 0 bridgehead atoms. The number of ketones is 1. The van der Waals surface area contributed by atoms with Crippen molar-refractivity contribution in [2.45, 2.75) is 19.0 Å². The van der Waals surface area contributed by atoms with E-state index in [4.69, 9.17) is 5.21 Å². The van der Waals surface area contributed by atoms with Crippen molar-refractivity contribution in [2.24, 2.45) is 5.16 Å². The smallest absolute Gasteiger partial charge is 0.210 e. The molecule has 0 saturated carbocycles. The minimum absolute atomic E-state index is 0.0480. The maximum atomic E-state index is 12.9. The largest absolute Gasteiger partial charge is 0.411 e. The molecule has 0 radical (unpaired) electrons. The third-order valence-corrected chi connectivity index (χ3v) is 2.40. The van der Waals surface area contributed by atoms with E-state index in [0.29, 0.717) is 5.57 Å². The van der Waals surface area contributed by atoms with Gasteiger partial charge in [-0.3, -0.25) is 4.79 Å². The van der Waals surface area contributed by atoms with E-state index in [1.54, 1.807) is 0 Å². The Morgan fingerprint density at radius 1 is 1.57 bits per heavy atom. The first kappa shape index (κ1) is 9.05. The van der Waals surface area contributed by atoms with Gasteiger partial charge in [-0.2, -0.15) is 0 Å². The Morgan fingerprint density at radius 3 is 2.93 bits per heavy atom. The van der Waals surface area contributed by atoms with Crippen LogP contribution in [-0.4, -0.2) is 22.9 Å². The van der Waals surface area contributed by atoms with Crippen molar-refractivity contribution in [1.29, 1.82) is 0 Å². The van der Waals surface area contributed by atoms with Crippen LogP contribution in [0.1, 0.15) is 12.8 Å². The first-order chi connectivity index (χ1) is 6.63. The molecular formula is C9H7F2NO2. The van der Waals surface area contributed by atoms with Gasteiger partial charge in [0, 0.05) is 18.4 Å². The third-order valence-electron chi connectivity index (χ3n) is 2.40. The van der Waals surface area contributed by atoms with Gasteiger partial charge < -0.3 is 5.21 Å². The Kier molecular flexibility index (Phi) is 1.94. The predicted molar refractivity (Wildman–Crippen MR) is 44.6 cm³/mol. The first-order valence-electron chi connectivity index (χ1n) is 4.12. The fourth-order valence-electron chi connectivity index (χ4n) is 1.67. The van der Waals surface area contributed by atoms with Crippen LogP contribution in [0.3, 0.4) is 0 Å². The number of alkyl halides is 1. The van der Waals surface area contributed by atoms with Gasteiger partial charge >= 0.3 is 0 Å². The van der Waals surface area contributed by atoms with Crippen LogP contribution >= 0.6 is 0 Å². The molecular weight excluding hydrogens is 192 g/mol. The van der Waals surface area contributed by atoms with Gasteiger partial charge in [0.15, 0.2) is 6.17 Å². The Bertz CT molecular complexity index is 396. The number of hydrogen-bond acceptors (Lipinski definition) is 3. The monoisotopic (exact) mass is 199 g/mol. The number of allylic oxidation sites excluding steroid dienone is 4. The molecule has 3 nitrogen and oxygen atoms in total. The summed E-state index contributed by atoms with van der Waals surface area (Å²) < 4.78 is 25.7. The predicted octanol–water partition coefficient (Wildman–Crippen LogP) is 1.68. The molecule has 1 N–H and O–H groups in total. The molecule has 0 spiro atoms. The van der Waals surface area contributed by atoms with E-state index in [9.17, 15) is 13.6 Å². The average molecular weight is 199 g/mol. The van der Waals surface area contributed by atoms with Crippen molar-refractivity contribution < 1.29 is 18.8 Å². The minimum Gasteiger partial charge on any atom is -0.411 e. The summed E-state index contributed by atoms with van der Waals surface area (Å²) >= 11 is 0. The SMILES string of the molecule is O=C1C2=C(C/C1=N/O)CC(F)C(F)=C2. The van der Waals surface area contributed by atoms with Gasteiger partial charge in [0.05, 0.1) is 0 Å². The van der Waals surface area contributed by atoms with E-state index < -0.39 is 17.8 Å². The fourth-order valence-corrected chi connectivity index (χ4v) is 1.67. The van der Waals surface area contributed by atoms with Gasteiger partial charge in [0.2, 0.25) is 5.78 Å². The molecule has 0 aliphatic heterocycles. The molecule has 0 aromatic heterocycles. The Morgan fingerprint density at radius 2 is 2.29 bits per heavy atom. The minimum atomic E-state index is -1.67. The quantitative estimate of drug-likeness (QED) is 0.476. The van der Waals surface area contributed by atoms with Gasteiger partial charge in [-0.25, -0.2) is 8.78 Å². The molecule has 0 heterocycles. The second-order valence-electron chi connectivity index (χ2n) is 3.27. The molecule has 14 heavy (non-hydrogen) atoms. The second-order valence-corrected chi connectivity index (χ2v) is 3.27. The zero-order chi connectivity index (χ0) is 10.3. The molecule has 0 saturated heterocycles. The summed E-state index contributed by atoms with van der Waals surface area (Å²) in [6, 6.07) is 0. The van der Waals surface area contributed by atoms with Crippen molar-refractivity contribution in [3.8, 4) is 0 Å². The highest BCUT2D eigenvalue weighted by atomic mass is 19.2. The Labute approximate surface area is 78.4 Å². The molecule has 2 aliphatic rings. The summed E-state index contributed by atoms with van der Waals surface area (Å²) in [4.78, 5) is 11.3. The highest BCUT2D eigenvalue weighted by Gasteiger charge is 2.34. The number of nitrogens with zero attached hydrogens (tertiary/aromatic N) is 1.